The minimum atomic E-state index is -4.72. The van der Waals surface area contributed by atoms with E-state index in [0.29, 0.717) is 73.0 Å². The van der Waals surface area contributed by atoms with E-state index < -0.39 is 231 Å². The number of carbonyl (C=O) groups excluding carboxylic acids is 2. The zero-order chi connectivity index (χ0) is 102. The van der Waals surface area contributed by atoms with Crippen molar-refractivity contribution in [3.8, 4) is 12.1 Å². The first-order valence-electron chi connectivity index (χ1n) is 47.6. The molecule has 49 atom stereocenters. The Bertz CT molecular complexity index is 6330. The summed E-state index contributed by atoms with van der Waals surface area (Å²) in [4.78, 5) is 23.5. The van der Waals surface area contributed by atoms with Crippen molar-refractivity contribution in [3.63, 3.8) is 0 Å². The third-order valence-electron chi connectivity index (χ3n) is 42.4. The standard InChI is InChI=1S/C13H19F3O3S.2C10H14O5S.2C9H11F3O3S.2C9H11NO3S.2C9H14O3S/c1-7-10(4)8-6-12(7,13(14,15)16)9(2,3)11(10,5)19-20(8,17)18;1-5-6-3-7-8(5)15-16(12,13)10(7,4-6)9(11)14-2;1-4-5-3-6-8(4)15-16(12,13)9(6)7(5)10(11)14-2;1-4-5-2-6-7(4)15-16(13,14)8(6,3-5)9(10,11)12;1-3-4-2-5-7(3)15-16(13,14)8(5)6(4)9(10,11)12;1-5-6-2-7-8(5)13-14(11,12)9(7,3-6)4-10;1-4-5-2-6-8(4)13-14(11,12)9(6)7(5)3-10;1-5-6-3-7-8(5)12-13(10,11)9(7,2)4-6;1-4-6-3-7-8(4)12-13(10,11)9(7)5(6)2/h7-8H,6H2,1-5H3;5-8H,3-4H2,1-2H3;4-9H,3H2,1-2H3;4-7H,2-3H2,1H3;3-8H,2H2,1H3;5-8H,2-3H2,1H3;4-9H,2H2,1H3;5-8H,3-4H2,1-2H3;4-9H,3H2,1-2H3. The fraction of sp³-hybridized carbons (Fsp3) is 0.954. The normalized spacial score (nSPS) is 55.7. The lowest BCUT2D eigenvalue weighted by Gasteiger charge is -2.51. The second kappa shape index (κ2) is 31.1. The molecule has 18 saturated carbocycles. The Kier molecular flexibility index (Phi) is 23.2. The van der Waals surface area contributed by atoms with Crippen LogP contribution in [0.4, 0.5) is 39.5 Å². The molecule has 0 radical (unpaired) electrons. The Morgan fingerprint density at radius 2 is 0.790 bits per heavy atom. The lowest BCUT2D eigenvalue weighted by molar-refractivity contribution is -0.276. The number of rotatable bonds is 2. The van der Waals surface area contributed by atoms with E-state index in [9.17, 15) is 125 Å². The van der Waals surface area contributed by atoms with Crippen molar-refractivity contribution in [2.24, 2.45) is 188 Å². The van der Waals surface area contributed by atoms with Gasteiger partial charge in [-0.25, -0.2) is 0 Å². The molecule has 0 spiro atoms. The van der Waals surface area contributed by atoms with Crippen molar-refractivity contribution in [1.82, 2.24) is 0 Å². The average Bonchev–Trinajstić information content (AvgIpc) is 1.44. The van der Waals surface area contributed by atoms with Gasteiger partial charge < -0.3 is 9.47 Å². The van der Waals surface area contributed by atoms with E-state index in [1.807, 2.05) is 40.7 Å². The number of carbonyl (C=O) groups is 2. The van der Waals surface area contributed by atoms with Crippen molar-refractivity contribution in [2.45, 2.75) is 306 Å². The molecule has 9 aliphatic heterocycles. The highest BCUT2D eigenvalue weighted by Gasteiger charge is 2.93. The van der Waals surface area contributed by atoms with Gasteiger partial charge in [0.25, 0.3) is 91.1 Å². The van der Waals surface area contributed by atoms with Gasteiger partial charge in [-0.3, -0.25) is 47.2 Å². The summed E-state index contributed by atoms with van der Waals surface area (Å²) in [7, 11) is -30.9. The van der Waals surface area contributed by atoms with Crippen molar-refractivity contribution < 1.29 is 172 Å². The Morgan fingerprint density at radius 3 is 1.27 bits per heavy atom. The SMILES string of the molecule is CC1C2(C)C3CC1(C(F)(F)F)C(C)(C)C2(C)OS3(=O)=O.CC1C2CC3C1OS(=O)(=O)C3(C#N)C2.CC1C2CC3C1OS(=O)(=O)C3(C(F)(F)F)C2.CC1C2CC3C1OS(=O)(=O)C3(C)C2.CC1C2CC3C1OS(=O)(=O)C3C2C.CC1C2CC3C1OS(=O)(=O)C3C2C#N.CC1C2CC3C1OS(=O)(=O)C3C2C(F)(F)F.COC(=O)C12CC3CC1C(OS2(=O)=O)C3C.COC(=O)C1C2CC3C(OS(=O)(=O)C31)C2C. The molecule has 27 aliphatic rings. The molecule has 0 aromatic rings. The first kappa shape index (κ1) is 103. The lowest BCUT2D eigenvalue weighted by atomic mass is 9.56. The molecule has 780 valence electrons. The van der Waals surface area contributed by atoms with E-state index in [0.717, 1.165) is 44.9 Å². The van der Waals surface area contributed by atoms with E-state index >= 15 is 0 Å². The van der Waals surface area contributed by atoms with Crippen LogP contribution in [0.25, 0.3) is 0 Å². The molecule has 0 aromatic carbocycles. The number of hydrogen-bond donors (Lipinski definition) is 0. The van der Waals surface area contributed by atoms with Gasteiger partial charge in [-0.15, -0.1) is 0 Å². The summed E-state index contributed by atoms with van der Waals surface area (Å²) >= 11 is 0. The van der Waals surface area contributed by atoms with Crippen LogP contribution in [0.15, 0.2) is 0 Å². The number of alkyl halides is 9. The van der Waals surface area contributed by atoms with E-state index in [4.69, 9.17) is 52.9 Å². The molecule has 49 unspecified atom stereocenters. The fourth-order valence-electron chi connectivity index (χ4n) is 35.1. The van der Waals surface area contributed by atoms with E-state index in [1.54, 1.807) is 20.8 Å². The molecule has 0 aromatic heterocycles. The molecule has 0 amide bonds. The van der Waals surface area contributed by atoms with E-state index in [-0.39, 0.29) is 143 Å². The highest BCUT2D eigenvalue weighted by Crippen LogP contribution is 2.85. The number of nitriles is 2. The van der Waals surface area contributed by atoms with Gasteiger partial charge in [0, 0.05) is 58.2 Å². The first-order chi connectivity index (χ1) is 63.1. The first-order valence-corrected chi connectivity index (χ1v) is 60.6. The summed E-state index contributed by atoms with van der Waals surface area (Å²) in [5.74, 6) is -2.36. The number of hydrogen-bond acceptors (Lipinski definition) is 33. The molecule has 138 heavy (non-hydrogen) atoms. The molecule has 18 bridgehead atoms. The molecule has 27 rings (SSSR count). The van der Waals surface area contributed by atoms with Crippen LogP contribution in [0.5, 0.6) is 0 Å². The minimum Gasteiger partial charge on any atom is -0.469 e. The Balaban J connectivity index is 0.0000000994. The summed E-state index contributed by atoms with van der Waals surface area (Å²) in [5.41, 5.74) is -5.65. The zero-order valence-electron chi connectivity index (χ0n) is 78.6. The van der Waals surface area contributed by atoms with Crippen LogP contribution < -0.4 is 0 Å². The van der Waals surface area contributed by atoms with E-state index in [2.05, 4.69) is 31.6 Å². The van der Waals surface area contributed by atoms with Gasteiger partial charge in [-0.2, -0.15) is 126 Å². The molecule has 51 heteroatoms. The van der Waals surface area contributed by atoms with Gasteiger partial charge in [0.2, 0.25) is 0 Å². The third kappa shape index (κ3) is 12.9. The molecule has 9 heterocycles. The van der Waals surface area contributed by atoms with Crippen LogP contribution in [0.2, 0.25) is 0 Å². The van der Waals surface area contributed by atoms with Crippen LogP contribution in [0, 0.1) is 211 Å². The van der Waals surface area contributed by atoms with Gasteiger partial charge in [0.15, 0.2) is 14.2 Å². The molecule has 0 N–H and O–H groups in total. The monoisotopic (exact) mass is 2150 g/mol. The van der Waals surface area contributed by atoms with Crippen molar-refractivity contribution >= 4 is 103 Å². The Morgan fingerprint density at radius 1 is 0.377 bits per heavy atom. The maximum absolute atomic E-state index is 13.9. The molecular weight excluding hydrogens is 2030 g/mol. The largest absolute Gasteiger partial charge is 0.469 e. The number of fused-ring (bicyclic) bond motifs is 9. The van der Waals surface area contributed by atoms with E-state index in [1.165, 1.54) is 41.9 Å². The van der Waals surface area contributed by atoms with Gasteiger partial charge in [0.05, 0.1) is 114 Å². The van der Waals surface area contributed by atoms with Crippen molar-refractivity contribution in [2.75, 3.05) is 14.2 Å². The predicted molar refractivity (Wildman–Crippen MR) is 460 cm³/mol. The molecule has 27 fully saturated rings. The highest BCUT2D eigenvalue weighted by atomic mass is 32.3. The zero-order valence-corrected chi connectivity index (χ0v) is 85.9. The maximum Gasteiger partial charge on any atom is 0.410 e. The van der Waals surface area contributed by atoms with Gasteiger partial charge in [-0.1, -0.05) is 90.0 Å². The van der Waals surface area contributed by atoms with Crippen molar-refractivity contribution in [1.29, 1.82) is 10.5 Å². The average molecular weight is 2150 g/mol. The maximum atomic E-state index is 13.9. The van der Waals surface area contributed by atoms with Crippen molar-refractivity contribution in [3.05, 3.63) is 0 Å². The van der Waals surface area contributed by atoms with Crippen LogP contribution >= 0.6 is 0 Å². The smallest absolute Gasteiger partial charge is 0.410 e. The Hall–Kier alpha value is -3.52. The summed E-state index contributed by atoms with van der Waals surface area (Å²) in [5, 5.41) is 14.3. The molecule has 18 aliphatic carbocycles. The van der Waals surface area contributed by atoms with Gasteiger partial charge >= 0.3 is 30.5 Å². The minimum absolute atomic E-state index is 0.00546. The highest BCUT2D eigenvalue weighted by molar-refractivity contribution is 7.90. The summed E-state index contributed by atoms with van der Waals surface area (Å²) in [6.07, 6.45) is -8.80. The number of nitrogens with zero attached hydrogens (tertiary/aromatic N) is 2. The van der Waals surface area contributed by atoms with Crippen LogP contribution in [0.3, 0.4) is 0 Å². The lowest BCUT2D eigenvalue weighted by Crippen LogP contribution is -2.58. The number of esters is 2. The summed E-state index contributed by atoms with van der Waals surface area (Å²) in [6.45, 7) is 27.3. The second-order valence-electron chi connectivity index (χ2n) is 46.6. The fourth-order valence-corrected chi connectivity index (χ4v) is 54.0. The number of methoxy groups -OCH3 is 2. The third-order valence-corrected chi connectivity index (χ3v) is 59.8. The number of ether oxygens (including phenoxy) is 2. The van der Waals surface area contributed by atoms with Crippen LogP contribution in [-0.2, 0) is 148 Å². The topological polar surface area (TPSA) is 491 Å². The molecule has 33 nitrogen and oxygen atoms in total. The van der Waals surface area contributed by atoms with Gasteiger partial charge in [0.1, 0.15) is 20.5 Å². The molecule has 9 saturated heterocycles. The summed E-state index contributed by atoms with van der Waals surface area (Å²) < 4.78 is 381. The summed E-state index contributed by atoms with van der Waals surface area (Å²) in [6, 6.07) is 4.15. The van der Waals surface area contributed by atoms with Gasteiger partial charge in [-0.05, 0) is 204 Å². The quantitative estimate of drug-likeness (QED) is 0.141. The molecular formula is C87H119F9N2O31S9. The number of halogens is 9. The second-order valence-corrected chi connectivity index (χ2v) is 62.7. The van der Waals surface area contributed by atoms with Crippen LogP contribution in [0.1, 0.15) is 187 Å². The van der Waals surface area contributed by atoms with Crippen LogP contribution in [-0.4, -0.2) is 220 Å². The predicted octanol–water partition coefficient (Wildman–Crippen LogP) is 10.1. The Labute approximate surface area is 799 Å².